The second-order valence-electron chi connectivity index (χ2n) is 5.81. The maximum absolute atomic E-state index is 6.27. The van der Waals surface area contributed by atoms with Crippen LogP contribution in [0.25, 0.3) is 28.2 Å². The molecule has 0 aliphatic heterocycles. The fourth-order valence-corrected chi connectivity index (χ4v) is 2.97. The van der Waals surface area contributed by atoms with Crippen LogP contribution in [-0.4, -0.2) is 24.7 Å². The summed E-state index contributed by atoms with van der Waals surface area (Å²) < 4.78 is 1.86. The van der Waals surface area contributed by atoms with Crippen LogP contribution in [0.2, 0.25) is 5.02 Å². The summed E-state index contributed by atoms with van der Waals surface area (Å²) in [5, 5.41) is 9.00. The van der Waals surface area contributed by atoms with Gasteiger partial charge in [0.15, 0.2) is 5.82 Å². The van der Waals surface area contributed by atoms with E-state index >= 15 is 0 Å². The Bertz CT molecular complexity index is 1070. The Labute approximate surface area is 155 Å². The number of rotatable bonds is 3. The highest BCUT2D eigenvalue weighted by molar-refractivity contribution is 6.31. The fraction of sp³-hybridized carbons (Fsp3) is 0.0526. The van der Waals surface area contributed by atoms with Crippen molar-refractivity contribution in [3.63, 3.8) is 0 Å². The van der Waals surface area contributed by atoms with Gasteiger partial charge in [0.05, 0.1) is 11.3 Å². The first-order chi connectivity index (χ1) is 12.6. The van der Waals surface area contributed by atoms with E-state index in [0.29, 0.717) is 22.2 Å². The highest BCUT2D eigenvalue weighted by Gasteiger charge is 2.16. The van der Waals surface area contributed by atoms with Crippen molar-refractivity contribution >= 4 is 17.4 Å². The number of pyridine rings is 2. The molecule has 128 valence electrons. The molecule has 0 saturated carbocycles. The fourth-order valence-electron chi connectivity index (χ4n) is 2.80. The van der Waals surface area contributed by atoms with Crippen LogP contribution in [0.3, 0.4) is 0 Å². The first kappa shape index (κ1) is 16.2. The molecule has 1 aromatic carbocycles. The van der Waals surface area contributed by atoms with Crippen LogP contribution in [-0.2, 0) is 0 Å². The lowest BCUT2D eigenvalue weighted by Crippen LogP contribution is -2.03. The van der Waals surface area contributed by atoms with E-state index in [2.05, 4.69) is 20.2 Å². The van der Waals surface area contributed by atoms with Crippen LogP contribution < -0.4 is 5.73 Å². The van der Waals surface area contributed by atoms with E-state index in [9.17, 15) is 0 Å². The highest BCUT2D eigenvalue weighted by Crippen LogP contribution is 2.31. The number of halogens is 1. The van der Waals surface area contributed by atoms with Gasteiger partial charge in [-0.2, -0.15) is 0 Å². The molecule has 0 saturated heterocycles. The van der Waals surface area contributed by atoms with Gasteiger partial charge in [-0.3, -0.25) is 9.55 Å². The first-order valence-corrected chi connectivity index (χ1v) is 8.35. The minimum Gasteiger partial charge on any atom is -0.383 e. The van der Waals surface area contributed by atoms with Crippen molar-refractivity contribution in [3.8, 4) is 28.2 Å². The van der Waals surface area contributed by atoms with Crippen molar-refractivity contribution in [3.05, 3.63) is 71.9 Å². The predicted molar refractivity (Wildman–Crippen MR) is 102 cm³/mol. The average molecular weight is 363 g/mol. The zero-order chi connectivity index (χ0) is 18.1. The smallest absolute Gasteiger partial charge is 0.172 e. The molecule has 0 aliphatic carbocycles. The zero-order valence-electron chi connectivity index (χ0n) is 14.0. The molecular weight excluding hydrogens is 348 g/mol. The van der Waals surface area contributed by atoms with Gasteiger partial charge >= 0.3 is 0 Å². The van der Waals surface area contributed by atoms with Gasteiger partial charge in [0.25, 0.3) is 0 Å². The van der Waals surface area contributed by atoms with E-state index in [-0.39, 0.29) is 0 Å². The number of hydrogen-bond donors (Lipinski definition) is 1. The van der Waals surface area contributed by atoms with Crippen molar-refractivity contribution in [2.45, 2.75) is 6.92 Å². The monoisotopic (exact) mass is 362 g/mol. The molecule has 26 heavy (non-hydrogen) atoms. The molecule has 4 rings (SSSR count). The molecule has 3 heterocycles. The predicted octanol–water partition coefficient (Wildman–Crippen LogP) is 3.94. The minimum atomic E-state index is 0.381. The van der Waals surface area contributed by atoms with Gasteiger partial charge in [-0.25, -0.2) is 4.98 Å². The third kappa shape index (κ3) is 2.80. The number of benzene rings is 1. The van der Waals surface area contributed by atoms with Crippen LogP contribution in [0.15, 0.2) is 61.3 Å². The van der Waals surface area contributed by atoms with Gasteiger partial charge in [0.2, 0.25) is 0 Å². The van der Waals surface area contributed by atoms with Crippen molar-refractivity contribution in [1.29, 1.82) is 0 Å². The zero-order valence-corrected chi connectivity index (χ0v) is 14.7. The van der Waals surface area contributed by atoms with Crippen molar-refractivity contribution < 1.29 is 0 Å². The summed E-state index contributed by atoms with van der Waals surface area (Å²) in [5.74, 6) is 0.984. The lowest BCUT2D eigenvalue weighted by atomic mass is 10.1. The summed E-state index contributed by atoms with van der Waals surface area (Å²) in [4.78, 5) is 8.48. The Morgan fingerprint density at radius 1 is 1.08 bits per heavy atom. The van der Waals surface area contributed by atoms with E-state index in [0.717, 1.165) is 22.4 Å². The van der Waals surface area contributed by atoms with Crippen molar-refractivity contribution in [1.82, 2.24) is 24.7 Å². The van der Waals surface area contributed by atoms with Gasteiger partial charge < -0.3 is 5.73 Å². The number of nitrogen functional groups attached to an aromatic ring is 1. The van der Waals surface area contributed by atoms with Crippen LogP contribution >= 0.6 is 11.6 Å². The average Bonchev–Trinajstić information content (AvgIpc) is 3.14. The van der Waals surface area contributed by atoms with Gasteiger partial charge in [-0.1, -0.05) is 23.7 Å². The molecular formula is C19H15ClN6. The standard InChI is InChI=1S/C19H15ClN6/c1-12-16(20)5-2-6-17(12)26-11-24-25-19(26)15-8-14(10-23-18(15)21)13-4-3-7-22-9-13/h2-11H,1H3,(H2,21,23). The minimum absolute atomic E-state index is 0.381. The Morgan fingerprint density at radius 3 is 2.77 bits per heavy atom. The Kier molecular flexibility index (Phi) is 4.10. The molecule has 0 bridgehead atoms. The highest BCUT2D eigenvalue weighted by atomic mass is 35.5. The van der Waals surface area contributed by atoms with Gasteiger partial charge in [0.1, 0.15) is 12.1 Å². The first-order valence-electron chi connectivity index (χ1n) is 7.97. The van der Waals surface area contributed by atoms with Crippen LogP contribution in [0, 0.1) is 6.92 Å². The SMILES string of the molecule is Cc1c(Cl)cccc1-n1cnnc1-c1cc(-c2cccnc2)cnc1N. The summed E-state index contributed by atoms with van der Waals surface area (Å²) in [6.45, 7) is 1.95. The molecule has 0 spiro atoms. The molecule has 0 aliphatic rings. The Balaban J connectivity index is 1.88. The topological polar surface area (TPSA) is 82.5 Å². The van der Waals surface area contributed by atoms with Crippen molar-refractivity contribution in [2.75, 3.05) is 5.73 Å². The van der Waals surface area contributed by atoms with E-state index in [1.54, 1.807) is 24.9 Å². The van der Waals surface area contributed by atoms with Crippen LogP contribution in [0.4, 0.5) is 5.82 Å². The Hall–Kier alpha value is -3.25. The third-order valence-electron chi connectivity index (χ3n) is 4.20. The lowest BCUT2D eigenvalue weighted by molar-refractivity contribution is 1.04. The lowest BCUT2D eigenvalue weighted by Gasteiger charge is -2.12. The van der Waals surface area contributed by atoms with Crippen molar-refractivity contribution in [2.24, 2.45) is 0 Å². The van der Waals surface area contributed by atoms with Gasteiger partial charge in [-0.05, 0) is 36.8 Å². The van der Waals surface area contributed by atoms with E-state index in [1.807, 2.05) is 47.9 Å². The molecule has 2 N–H and O–H groups in total. The molecule has 0 unspecified atom stereocenters. The summed E-state index contributed by atoms with van der Waals surface area (Å²) in [5.41, 5.74) is 10.5. The number of hydrogen-bond acceptors (Lipinski definition) is 5. The number of aromatic nitrogens is 5. The maximum Gasteiger partial charge on any atom is 0.172 e. The normalized spacial score (nSPS) is 10.8. The molecule has 0 amide bonds. The largest absolute Gasteiger partial charge is 0.383 e. The van der Waals surface area contributed by atoms with Crippen LogP contribution in [0.5, 0.6) is 0 Å². The summed E-state index contributed by atoms with van der Waals surface area (Å²) in [6.07, 6.45) is 6.88. The summed E-state index contributed by atoms with van der Waals surface area (Å²) in [6, 6.07) is 11.5. The second-order valence-corrected chi connectivity index (χ2v) is 6.21. The van der Waals surface area contributed by atoms with Gasteiger partial charge in [-0.15, -0.1) is 10.2 Å². The van der Waals surface area contributed by atoms with Gasteiger partial charge in [0, 0.05) is 34.7 Å². The third-order valence-corrected chi connectivity index (χ3v) is 4.61. The summed E-state index contributed by atoms with van der Waals surface area (Å²) in [7, 11) is 0. The van der Waals surface area contributed by atoms with E-state index in [1.165, 1.54) is 0 Å². The molecule has 0 radical (unpaired) electrons. The molecule has 6 nitrogen and oxygen atoms in total. The molecule has 3 aromatic heterocycles. The number of nitrogens with zero attached hydrogens (tertiary/aromatic N) is 5. The van der Waals surface area contributed by atoms with Crippen LogP contribution in [0.1, 0.15) is 5.56 Å². The number of nitrogens with two attached hydrogens (primary N) is 1. The number of anilines is 1. The molecule has 0 atom stereocenters. The molecule has 7 heteroatoms. The Morgan fingerprint density at radius 2 is 1.96 bits per heavy atom. The van der Waals surface area contributed by atoms with E-state index in [4.69, 9.17) is 17.3 Å². The molecule has 0 fully saturated rings. The summed E-state index contributed by atoms with van der Waals surface area (Å²) >= 11 is 6.27. The maximum atomic E-state index is 6.27. The second kappa shape index (κ2) is 6.57. The quantitative estimate of drug-likeness (QED) is 0.597. The molecule has 4 aromatic rings. The van der Waals surface area contributed by atoms with E-state index < -0.39 is 0 Å².